The number of aryl methyl sites for hydroxylation is 2. The van der Waals surface area contributed by atoms with Gasteiger partial charge in [0.1, 0.15) is 0 Å². The fourth-order valence-corrected chi connectivity index (χ4v) is 2.77. The molecule has 2 heterocycles. The van der Waals surface area contributed by atoms with Crippen LogP contribution < -0.4 is 0 Å². The number of carbonyl (C=O) groups excluding carboxylic acids is 2. The normalized spacial score (nSPS) is 16.5. The van der Waals surface area contributed by atoms with Crippen LogP contribution in [0.2, 0.25) is 0 Å². The summed E-state index contributed by atoms with van der Waals surface area (Å²) in [5.41, 5.74) is 1.26. The Morgan fingerprint density at radius 1 is 1.40 bits per heavy atom. The van der Waals surface area contributed by atoms with Crippen LogP contribution in [-0.4, -0.2) is 23.1 Å². The van der Waals surface area contributed by atoms with E-state index >= 15 is 0 Å². The average Bonchev–Trinajstić information content (AvgIpc) is 2.59. The summed E-state index contributed by atoms with van der Waals surface area (Å²) in [6.45, 7) is 5.01. The van der Waals surface area contributed by atoms with Crippen LogP contribution in [-0.2, 0) is 16.1 Å². The lowest BCUT2D eigenvalue weighted by Gasteiger charge is -2.12. The van der Waals surface area contributed by atoms with Crippen LogP contribution in [0.15, 0.2) is 6.07 Å². The van der Waals surface area contributed by atoms with E-state index in [0.717, 1.165) is 4.88 Å². The van der Waals surface area contributed by atoms with Crippen molar-refractivity contribution >= 4 is 23.0 Å². The smallest absolute Gasteiger partial charge is 0.230 e. The summed E-state index contributed by atoms with van der Waals surface area (Å²) in [5.74, 6) is -0.00583. The lowest BCUT2D eigenvalue weighted by Crippen LogP contribution is -2.24. The number of likely N-dealkylation sites (tertiary alicyclic amines) is 1. The van der Waals surface area contributed by atoms with E-state index in [4.69, 9.17) is 0 Å². The van der Waals surface area contributed by atoms with Crippen molar-refractivity contribution < 1.29 is 9.59 Å². The second kappa shape index (κ2) is 3.77. The van der Waals surface area contributed by atoms with Crippen LogP contribution in [0.4, 0.5) is 0 Å². The Morgan fingerprint density at radius 3 is 2.60 bits per heavy atom. The third-order valence-corrected chi connectivity index (χ3v) is 3.77. The van der Waals surface area contributed by atoms with Crippen molar-refractivity contribution in [3.63, 3.8) is 0 Å². The molecule has 0 saturated carbocycles. The molecule has 0 N–H and O–H groups in total. The molecule has 4 heteroatoms. The first-order chi connectivity index (χ1) is 7.06. The largest absolute Gasteiger partial charge is 0.330 e. The molecular weight excluding hydrogens is 210 g/mol. The quantitative estimate of drug-likeness (QED) is 0.715. The van der Waals surface area contributed by atoms with E-state index in [2.05, 4.69) is 19.9 Å². The van der Waals surface area contributed by atoms with E-state index in [9.17, 15) is 9.59 Å². The van der Waals surface area contributed by atoms with Gasteiger partial charge >= 0.3 is 0 Å². The van der Waals surface area contributed by atoms with Crippen LogP contribution in [0.1, 0.15) is 21.7 Å². The summed E-state index contributed by atoms with van der Waals surface area (Å²) in [6.07, 6.45) is 0.0866. The average molecular weight is 223 g/mol. The van der Waals surface area contributed by atoms with E-state index < -0.39 is 0 Å². The number of rotatable bonds is 2. The van der Waals surface area contributed by atoms with Crippen LogP contribution in [0, 0.1) is 13.8 Å². The molecule has 1 fully saturated rings. The predicted molar refractivity (Wildman–Crippen MR) is 58.8 cm³/mol. The molecule has 1 saturated heterocycles. The second-order valence-electron chi connectivity index (χ2n) is 3.92. The molecule has 0 bridgehead atoms. The van der Waals surface area contributed by atoms with E-state index in [1.165, 1.54) is 10.4 Å². The molecular formula is C11H13NO2S. The van der Waals surface area contributed by atoms with Gasteiger partial charge in [-0.2, -0.15) is 0 Å². The van der Waals surface area contributed by atoms with Gasteiger partial charge in [-0.15, -0.1) is 11.3 Å². The maximum absolute atomic E-state index is 11.4. The summed E-state index contributed by atoms with van der Waals surface area (Å²) in [4.78, 5) is 26.5. The molecule has 80 valence electrons. The van der Waals surface area contributed by atoms with Crippen LogP contribution >= 0.6 is 11.3 Å². The minimum Gasteiger partial charge on any atom is -0.330 e. The van der Waals surface area contributed by atoms with Crippen molar-refractivity contribution in [2.75, 3.05) is 6.54 Å². The number of hydrogen-bond donors (Lipinski definition) is 0. The zero-order chi connectivity index (χ0) is 11.0. The third kappa shape index (κ3) is 2.09. The highest BCUT2D eigenvalue weighted by Crippen LogP contribution is 2.23. The molecule has 15 heavy (non-hydrogen) atoms. The highest BCUT2D eigenvalue weighted by atomic mass is 32.1. The number of carbonyl (C=O) groups is 2. The Balaban J connectivity index is 2.09. The van der Waals surface area contributed by atoms with Crippen molar-refractivity contribution in [2.24, 2.45) is 0 Å². The number of thiophene rings is 1. The molecule has 1 amide bonds. The molecule has 2 rings (SSSR count). The van der Waals surface area contributed by atoms with E-state index in [-0.39, 0.29) is 24.7 Å². The number of ketones is 1. The fourth-order valence-electron chi connectivity index (χ4n) is 1.70. The Morgan fingerprint density at radius 2 is 2.13 bits per heavy atom. The molecule has 0 aliphatic carbocycles. The summed E-state index contributed by atoms with van der Waals surface area (Å²) in [5, 5.41) is 0. The van der Waals surface area contributed by atoms with Gasteiger partial charge in [0.2, 0.25) is 5.91 Å². The SMILES string of the molecule is Cc1cc(CN2CC(=O)CC2=O)sc1C. The minimum absolute atomic E-state index is 0.0324. The van der Waals surface area contributed by atoms with Crippen LogP contribution in [0.5, 0.6) is 0 Å². The maximum atomic E-state index is 11.4. The van der Waals surface area contributed by atoms with Gasteiger partial charge in [0.25, 0.3) is 0 Å². The molecule has 0 spiro atoms. The van der Waals surface area contributed by atoms with Crippen molar-refractivity contribution in [2.45, 2.75) is 26.8 Å². The number of amides is 1. The first-order valence-corrected chi connectivity index (χ1v) is 5.73. The van der Waals surface area contributed by atoms with Gasteiger partial charge < -0.3 is 4.90 Å². The van der Waals surface area contributed by atoms with Crippen molar-refractivity contribution in [3.8, 4) is 0 Å². The summed E-state index contributed by atoms with van der Waals surface area (Å²) >= 11 is 1.70. The van der Waals surface area contributed by atoms with Gasteiger partial charge in [-0.25, -0.2) is 0 Å². The monoisotopic (exact) mass is 223 g/mol. The Hall–Kier alpha value is -1.16. The molecule has 0 atom stereocenters. The highest BCUT2D eigenvalue weighted by Gasteiger charge is 2.27. The number of Topliss-reactive ketones (excluding diaryl/α,β-unsaturated/α-hetero) is 1. The summed E-state index contributed by atoms with van der Waals surface area (Å²) < 4.78 is 0. The summed E-state index contributed by atoms with van der Waals surface area (Å²) in [7, 11) is 0. The van der Waals surface area contributed by atoms with E-state index in [0.29, 0.717) is 6.54 Å². The second-order valence-corrected chi connectivity index (χ2v) is 5.26. The Labute approximate surface area is 92.7 Å². The lowest BCUT2D eigenvalue weighted by atomic mass is 10.3. The lowest BCUT2D eigenvalue weighted by molar-refractivity contribution is -0.128. The van der Waals surface area contributed by atoms with Crippen molar-refractivity contribution in [1.82, 2.24) is 4.90 Å². The van der Waals surface area contributed by atoms with Crippen LogP contribution in [0.25, 0.3) is 0 Å². The van der Waals surface area contributed by atoms with Gasteiger partial charge in [0.15, 0.2) is 5.78 Å². The maximum Gasteiger partial charge on any atom is 0.230 e. The van der Waals surface area contributed by atoms with Gasteiger partial charge in [0, 0.05) is 9.75 Å². The third-order valence-electron chi connectivity index (χ3n) is 2.63. The Bertz CT molecular complexity index is 403. The van der Waals surface area contributed by atoms with Crippen molar-refractivity contribution in [1.29, 1.82) is 0 Å². The number of nitrogens with zero attached hydrogens (tertiary/aromatic N) is 1. The molecule has 1 aromatic rings. The Kier molecular flexibility index (Phi) is 2.61. The van der Waals surface area contributed by atoms with Gasteiger partial charge in [-0.1, -0.05) is 0 Å². The zero-order valence-corrected chi connectivity index (χ0v) is 9.69. The van der Waals surface area contributed by atoms with Gasteiger partial charge in [-0.05, 0) is 25.5 Å². The standard InChI is InChI=1S/C11H13NO2S/c1-7-3-10(15-8(7)2)6-12-5-9(13)4-11(12)14/h3H,4-6H2,1-2H3. The first-order valence-electron chi connectivity index (χ1n) is 4.91. The first kappa shape index (κ1) is 10.4. The fraction of sp³-hybridized carbons (Fsp3) is 0.455. The highest BCUT2D eigenvalue weighted by molar-refractivity contribution is 7.12. The topological polar surface area (TPSA) is 37.4 Å². The minimum atomic E-state index is -0.0382. The molecule has 1 aliphatic heterocycles. The molecule has 1 aliphatic rings. The van der Waals surface area contributed by atoms with Gasteiger partial charge in [0.05, 0.1) is 19.5 Å². The molecule has 0 aromatic carbocycles. The summed E-state index contributed by atoms with van der Waals surface area (Å²) in [6, 6.07) is 2.09. The van der Waals surface area contributed by atoms with E-state index in [1.807, 2.05) is 0 Å². The van der Waals surface area contributed by atoms with Gasteiger partial charge in [-0.3, -0.25) is 9.59 Å². The molecule has 0 unspecified atom stereocenters. The van der Waals surface area contributed by atoms with Crippen LogP contribution in [0.3, 0.4) is 0 Å². The zero-order valence-electron chi connectivity index (χ0n) is 8.87. The molecule has 1 aromatic heterocycles. The van der Waals surface area contributed by atoms with Crippen molar-refractivity contribution in [3.05, 3.63) is 21.4 Å². The predicted octanol–water partition coefficient (Wildman–Crippen LogP) is 1.67. The number of hydrogen-bond acceptors (Lipinski definition) is 3. The molecule has 3 nitrogen and oxygen atoms in total. The molecule has 0 radical (unpaired) electrons. The van der Waals surface area contributed by atoms with E-state index in [1.54, 1.807) is 16.2 Å².